The molecule has 0 heterocycles. The Morgan fingerprint density at radius 2 is 1.95 bits per heavy atom. The smallest absolute Gasteiger partial charge is 0.252 e. The summed E-state index contributed by atoms with van der Waals surface area (Å²) in [6.45, 7) is 0.313. The number of carbonyl (C=O) groups excluding carboxylic acids is 2. The zero-order valence-electron chi connectivity index (χ0n) is 12.9. The van der Waals surface area contributed by atoms with Gasteiger partial charge in [0.2, 0.25) is 5.91 Å². The van der Waals surface area contributed by atoms with Crippen molar-refractivity contribution in [1.29, 1.82) is 0 Å². The van der Waals surface area contributed by atoms with Crippen molar-refractivity contribution in [2.75, 3.05) is 13.6 Å². The van der Waals surface area contributed by atoms with Crippen LogP contribution in [0.2, 0.25) is 0 Å². The number of nitrogens with one attached hydrogen (secondary N) is 2. The first-order valence-corrected chi connectivity index (χ1v) is 7.77. The van der Waals surface area contributed by atoms with Crippen molar-refractivity contribution in [3.05, 3.63) is 35.4 Å². The molecule has 0 aliphatic heterocycles. The minimum atomic E-state index is -0.157. The molecule has 0 bridgehead atoms. The lowest BCUT2D eigenvalue weighted by Gasteiger charge is -2.07. The van der Waals surface area contributed by atoms with Crippen LogP contribution in [0.15, 0.2) is 24.3 Å². The molecule has 1 aliphatic rings. The van der Waals surface area contributed by atoms with Gasteiger partial charge in [0.15, 0.2) is 0 Å². The zero-order valence-corrected chi connectivity index (χ0v) is 12.9. The molecule has 4 heteroatoms. The number of hydrogen-bond acceptors (Lipinski definition) is 2. The number of carbonyl (C=O) groups is 2. The maximum absolute atomic E-state index is 11.8. The molecular formula is C18H22N2O2. The first kappa shape index (κ1) is 16.1. The fourth-order valence-electron chi connectivity index (χ4n) is 2.76. The average molecular weight is 298 g/mol. The second kappa shape index (κ2) is 8.23. The summed E-state index contributed by atoms with van der Waals surface area (Å²) in [6, 6.07) is 7.19. The van der Waals surface area contributed by atoms with Gasteiger partial charge in [-0.05, 0) is 30.9 Å². The van der Waals surface area contributed by atoms with Crippen molar-refractivity contribution in [1.82, 2.24) is 10.6 Å². The van der Waals surface area contributed by atoms with Gasteiger partial charge in [0.1, 0.15) is 0 Å². The molecule has 0 atom stereocenters. The molecule has 22 heavy (non-hydrogen) atoms. The molecule has 0 saturated heterocycles. The fraction of sp³-hybridized carbons (Fsp3) is 0.444. The molecular weight excluding hydrogens is 276 g/mol. The van der Waals surface area contributed by atoms with E-state index in [1.54, 1.807) is 25.2 Å². The average Bonchev–Trinajstić information content (AvgIpc) is 3.04. The van der Waals surface area contributed by atoms with Gasteiger partial charge in [-0.1, -0.05) is 36.8 Å². The lowest BCUT2D eigenvalue weighted by Crippen LogP contribution is -2.25. The number of amides is 2. The van der Waals surface area contributed by atoms with E-state index in [1.165, 1.54) is 25.7 Å². The highest BCUT2D eigenvalue weighted by atomic mass is 16.2. The molecule has 1 fully saturated rings. The van der Waals surface area contributed by atoms with Gasteiger partial charge in [0.25, 0.3) is 5.91 Å². The second-order valence-electron chi connectivity index (χ2n) is 5.56. The van der Waals surface area contributed by atoms with Crippen LogP contribution < -0.4 is 10.6 Å². The van der Waals surface area contributed by atoms with Gasteiger partial charge in [-0.15, -0.1) is 0 Å². The molecule has 116 valence electrons. The summed E-state index contributed by atoms with van der Waals surface area (Å²) in [5.74, 6) is 6.32. The van der Waals surface area contributed by atoms with E-state index >= 15 is 0 Å². The summed E-state index contributed by atoms with van der Waals surface area (Å²) >= 11 is 0. The first-order chi connectivity index (χ1) is 10.7. The van der Waals surface area contributed by atoms with Crippen molar-refractivity contribution < 1.29 is 9.59 Å². The van der Waals surface area contributed by atoms with Crippen LogP contribution in [0.25, 0.3) is 0 Å². The maximum Gasteiger partial charge on any atom is 0.252 e. The molecule has 0 spiro atoms. The van der Waals surface area contributed by atoms with E-state index in [0.29, 0.717) is 30.0 Å². The number of hydrogen-bond donors (Lipinski definition) is 2. The highest BCUT2D eigenvalue weighted by Gasteiger charge is 2.17. The normalized spacial score (nSPS) is 14.0. The van der Waals surface area contributed by atoms with Crippen LogP contribution in [0.4, 0.5) is 0 Å². The second-order valence-corrected chi connectivity index (χ2v) is 5.56. The quantitative estimate of drug-likeness (QED) is 0.836. The lowest BCUT2D eigenvalue weighted by atomic mass is 10.0. The Balaban J connectivity index is 1.86. The van der Waals surface area contributed by atoms with Gasteiger partial charge in [-0.2, -0.15) is 0 Å². The molecule has 0 radical (unpaired) electrons. The Morgan fingerprint density at radius 3 is 2.68 bits per heavy atom. The van der Waals surface area contributed by atoms with E-state index in [-0.39, 0.29) is 11.8 Å². The van der Waals surface area contributed by atoms with E-state index in [2.05, 4.69) is 22.5 Å². The summed E-state index contributed by atoms with van der Waals surface area (Å²) < 4.78 is 0. The summed E-state index contributed by atoms with van der Waals surface area (Å²) in [7, 11) is 1.59. The summed E-state index contributed by atoms with van der Waals surface area (Å²) in [4.78, 5) is 23.5. The Kier molecular flexibility index (Phi) is 6.02. The topological polar surface area (TPSA) is 58.2 Å². The van der Waals surface area contributed by atoms with Gasteiger partial charge in [-0.25, -0.2) is 0 Å². The predicted molar refractivity (Wildman–Crippen MR) is 86.3 cm³/mol. The highest BCUT2D eigenvalue weighted by Crippen LogP contribution is 2.27. The fourth-order valence-corrected chi connectivity index (χ4v) is 2.76. The molecule has 2 amide bonds. The van der Waals surface area contributed by atoms with Crippen molar-refractivity contribution in [3.63, 3.8) is 0 Å². The zero-order chi connectivity index (χ0) is 15.8. The number of benzene rings is 1. The minimum absolute atomic E-state index is 0.0702. The third kappa shape index (κ3) is 4.63. The summed E-state index contributed by atoms with van der Waals surface area (Å²) in [5, 5.41) is 5.42. The van der Waals surface area contributed by atoms with E-state index in [4.69, 9.17) is 0 Å². The van der Waals surface area contributed by atoms with Crippen LogP contribution in [0.3, 0.4) is 0 Å². The Labute approximate surface area is 131 Å². The molecule has 1 aromatic rings. The highest BCUT2D eigenvalue weighted by molar-refractivity contribution is 5.96. The van der Waals surface area contributed by atoms with Crippen LogP contribution in [-0.4, -0.2) is 25.4 Å². The Morgan fingerprint density at radius 1 is 1.23 bits per heavy atom. The van der Waals surface area contributed by atoms with Gasteiger partial charge in [0.05, 0.1) is 12.1 Å². The molecule has 4 nitrogen and oxygen atoms in total. The van der Waals surface area contributed by atoms with E-state index in [0.717, 1.165) is 0 Å². The van der Waals surface area contributed by atoms with Crippen LogP contribution in [0.1, 0.15) is 48.0 Å². The third-order valence-electron chi connectivity index (χ3n) is 3.94. The summed E-state index contributed by atoms with van der Waals surface area (Å²) in [5.41, 5.74) is 1.22. The van der Waals surface area contributed by atoms with Crippen molar-refractivity contribution in [3.8, 4) is 11.8 Å². The van der Waals surface area contributed by atoms with Crippen molar-refractivity contribution in [2.24, 2.45) is 5.92 Å². The minimum Gasteiger partial charge on any atom is -0.355 e. The van der Waals surface area contributed by atoms with E-state index in [1.807, 2.05) is 6.07 Å². The molecule has 0 aromatic heterocycles. The molecule has 2 rings (SSSR count). The van der Waals surface area contributed by atoms with Crippen molar-refractivity contribution in [2.45, 2.75) is 32.1 Å². The van der Waals surface area contributed by atoms with Crippen LogP contribution in [0.5, 0.6) is 0 Å². The predicted octanol–water partition coefficient (Wildman–Crippen LogP) is 2.09. The van der Waals surface area contributed by atoms with Gasteiger partial charge in [-0.3, -0.25) is 9.59 Å². The van der Waals surface area contributed by atoms with Crippen LogP contribution in [-0.2, 0) is 4.79 Å². The summed E-state index contributed by atoms with van der Waals surface area (Å²) in [6.07, 6.45) is 5.43. The van der Waals surface area contributed by atoms with Gasteiger partial charge >= 0.3 is 0 Å². The molecule has 0 unspecified atom stereocenters. The monoisotopic (exact) mass is 298 g/mol. The first-order valence-electron chi connectivity index (χ1n) is 7.77. The molecule has 1 aromatic carbocycles. The lowest BCUT2D eigenvalue weighted by molar-refractivity contribution is -0.121. The van der Waals surface area contributed by atoms with Crippen LogP contribution in [0, 0.1) is 17.8 Å². The van der Waals surface area contributed by atoms with Crippen molar-refractivity contribution >= 4 is 11.8 Å². The van der Waals surface area contributed by atoms with Crippen LogP contribution >= 0.6 is 0 Å². The SMILES string of the molecule is CNC(=O)c1ccccc1C#CCNC(=O)CC1CCCC1. The third-order valence-corrected chi connectivity index (χ3v) is 3.94. The Bertz CT molecular complexity index is 593. The van der Waals surface area contributed by atoms with Gasteiger partial charge in [0, 0.05) is 19.0 Å². The number of rotatable bonds is 4. The standard InChI is InChI=1S/C18H22N2O2/c1-19-18(22)16-11-5-4-9-15(16)10-6-12-20-17(21)13-14-7-2-3-8-14/h4-5,9,11,14H,2-3,7-8,12-13H2,1H3,(H,19,22)(H,20,21). The van der Waals surface area contributed by atoms with Gasteiger partial charge < -0.3 is 10.6 Å². The maximum atomic E-state index is 11.8. The molecule has 1 aliphatic carbocycles. The van der Waals surface area contributed by atoms with E-state index < -0.39 is 0 Å². The Hall–Kier alpha value is -2.28. The largest absolute Gasteiger partial charge is 0.355 e. The van der Waals surface area contributed by atoms with E-state index in [9.17, 15) is 9.59 Å². The molecule has 2 N–H and O–H groups in total. The molecule has 1 saturated carbocycles.